The molecule has 0 bridgehead atoms. The number of aryl methyl sites for hydroxylation is 1. The van der Waals surface area contributed by atoms with Gasteiger partial charge in [0.15, 0.2) is 0 Å². The summed E-state index contributed by atoms with van der Waals surface area (Å²) in [7, 11) is 1.65. The molecule has 3 aromatic rings. The molecule has 1 aliphatic rings. The van der Waals surface area contributed by atoms with Crippen LogP contribution in [0.3, 0.4) is 0 Å². The second-order valence-corrected chi connectivity index (χ2v) is 8.34. The van der Waals surface area contributed by atoms with Gasteiger partial charge < -0.3 is 15.4 Å². The van der Waals surface area contributed by atoms with Crippen LogP contribution in [0, 0.1) is 6.92 Å². The van der Waals surface area contributed by atoms with Crippen molar-refractivity contribution in [3.8, 4) is 16.9 Å². The smallest absolute Gasteiger partial charge is 0.254 e. The van der Waals surface area contributed by atoms with Gasteiger partial charge in [-0.2, -0.15) is 0 Å². The first-order valence-corrected chi connectivity index (χ1v) is 10.9. The number of amides is 2. The zero-order valence-corrected chi connectivity index (χ0v) is 18.5. The Balaban J connectivity index is 1.63. The number of rotatable bonds is 7. The minimum absolute atomic E-state index is 0.0347. The molecular weight excluding hydrogens is 400 g/mol. The second-order valence-electron chi connectivity index (χ2n) is 8.34. The van der Waals surface area contributed by atoms with Crippen molar-refractivity contribution in [3.05, 3.63) is 89.0 Å². The molecule has 0 aliphatic heterocycles. The first kappa shape index (κ1) is 21.6. The minimum Gasteiger partial charge on any atom is -0.497 e. The van der Waals surface area contributed by atoms with Crippen LogP contribution >= 0.6 is 0 Å². The summed E-state index contributed by atoms with van der Waals surface area (Å²) in [4.78, 5) is 27.0. The molecule has 0 atom stereocenters. The molecule has 4 rings (SSSR count). The van der Waals surface area contributed by atoms with Crippen molar-refractivity contribution in [3.63, 3.8) is 0 Å². The van der Waals surface area contributed by atoms with Crippen LogP contribution in [0.25, 0.3) is 11.1 Å². The van der Waals surface area contributed by atoms with Crippen molar-refractivity contribution in [2.45, 2.75) is 38.8 Å². The van der Waals surface area contributed by atoms with Gasteiger partial charge in [-0.05, 0) is 84.8 Å². The van der Waals surface area contributed by atoms with E-state index in [4.69, 9.17) is 10.5 Å². The van der Waals surface area contributed by atoms with Gasteiger partial charge in [0.2, 0.25) is 5.91 Å². The molecule has 0 saturated heterocycles. The lowest BCUT2D eigenvalue weighted by Gasteiger charge is -2.38. The summed E-state index contributed by atoms with van der Waals surface area (Å²) in [5, 5.41) is 0. The van der Waals surface area contributed by atoms with Crippen molar-refractivity contribution in [1.82, 2.24) is 4.90 Å². The fraction of sp³-hybridized carbons (Fsp3) is 0.259. The molecule has 5 heteroatoms. The number of methoxy groups -OCH3 is 1. The number of nitrogens with two attached hydrogens (primary N) is 1. The standard InChI is InChI=1S/C27H28N2O3/c1-18-9-10-22(16-25(18)20-11-13-21(14-12-20)26(28)30)27(31)29(23-6-4-7-23)17-19-5-3-8-24(15-19)32-2/h3,5,8-16,23H,4,6-7,17H2,1-2H3,(H2,28,30). The summed E-state index contributed by atoms with van der Waals surface area (Å²) in [5.41, 5.74) is 10.5. The van der Waals surface area contributed by atoms with Crippen molar-refractivity contribution >= 4 is 11.8 Å². The summed E-state index contributed by atoms with van der Waals surface area (Å²) in [5.74, 6) is 0.374. The summed E-state index contributed by atoms with van der Waals surface area (Å²) in [6.07, 6.45) is 3.21. The highest BCUT2D eigenvalue weighted by Crippen LogP contribution is 2.30. The normalized spacial score (nSPS) is 13.3. The molecule has 2 amide bonds. The fourth-order valence-corrected chi connectivity index (χ4v) is 4.08. The quantitative estimate of drug-likeness (QED) is 0.578. The van der Waals surface area contributed by atoms with Crippen LogP contribution in [0.5, 0.6) is 5.75 Å². The highest BCUT2D eigenvalue weighted by atomic mass is 16.5. The van der Waals surface area contributed by atoms with Gasteiger partial charge in [-0.25, -0.2) is 0 Å². The van der Waals surface area contributed by atoms with Crippen molar-refractivity contribution in [1.29, 1.82) is 0 Å². The van der Waals surface area contributed by atoms with Crippen LogP contribution in [0.4, 0.5) is 0 Å². The van der Waals surface area contributed by atoms with Crippen molar-refractivity contribution in [2.24, 2.45) is 5.73 Å². The minimum atomic E-state index is -0.453. The van der Waals surface area contributed by atoms with E-state index in [1.54, 1.807) is 19.2 Å². The van der Waals surface area contributed by atoms with E-state index in [1.165, 1.54) is 0 Å². The van der Waals surface area contributed by atoms with Gasteiger partial charge in [-0.15, -0.1) is 0 Å². The summed E-state index contributed by atoms with van der Waals surface area (Å²) in [6.45, 7) is 2.57. The molecule has 0 radical (unpaired) electrons. The summed E-state index contributed by atoms with van der Waals surface area (Å²) >= 11 is 0. The second kappa shape index (κ2) is 9.27. The van der Waals surface area contributed by atoms with Gasteiger partial charge in [-0.1, -0.05) is 30.3 Å². The van der Waals surface area contributed by atoms with E-state index in [0.29, 0.717) is 17.7 Å². The number of hydrogen-bond donors (Lipinski definition) is 1. The topological polar surface area (TPSA) is 72.6 Å². The van der Waals surface area contributed by atoms with E-state index in [0.717, 1.165) is 47.3 Å². The highest BCUT2D eigenvalue weighted by Gasteiger charge is 2.30. The van der Waals surface area contributed by atoms with Crippen LogP contribution in [-0.4, -0.2) is 29.9 Å². The lowest BCUT2D eigenvalue weighted by molar-refractivity contribution is 0.0556. The third kappa shape index (κ3) is 4.52. The van der Waals surface area contributed by atoms with E-state index in [1.807, 2.05) is 66.4 Å². The maximum atomic E-state index is 13.6. The van der Waals surface area contributed by atoms with Gasteiger partial charge in [0.1, 0.15) is 5.75 Å². The van der Waals surface area contributed by atoms with Crippen LogP contribution in [0.2, 0.25) is 0 Å². The first-order chi connectivity index (χ1) is 15.5. The number of hydrogen-bond acceptors (Lipinski definition) is 3. The Morgan fingerprint density at radius 1 is 1.00 bits per heavy atom. The zero-order chi connectivity index (χ0) is 22.7. The van der Waals surface area contributed by atoms with Crippen LogP contribution in [-0.2, 0) is 6.54 Å². The SMILES string of the molecule is COc1cccc(CN(C(=O)c2ccc(C)c(-c3ccc(C(N)=O)cc3)c2)C2CCC2)c1. The molecule has 5 nitrogen and oxygen atoms in total. The number of ether oxygens (including phenoxy) is 1. The lowest BCUT2D eigenvalue weighted by Crippen LogP contribution is -2.43. The average molecular weight is 429 g/mol. The Kier molecular flexibility index (Phi) is 6.26. The number of primary amides is 1. The number of carbonyl (C=O) groups excluding carboxylic acids is 2. The Morgan fingerprint density at radius 3 is 2.34 bits per heavy atom. The Bertz CT molecular complexity index is 1130. The third-order valence-electron chi connectivity index (χ3n) is 6.23. The Hall–Kier alpha value is -3.60. The Morgan fingerprint density at radius 2 is 1.72 bits per heavy atom. The molecule has 0 spiro atoms. The number of nitrogens with zero attached hydrogens (tertiary/aromatic N) is 1. The molecule has 1 fully saturated rings. The largest absolute Gasteiger partial charge is 0.497 e. The van der Waals surface area contributed by atoms with E-state index in [-0.39, 0.29) is 11.9 Å². The fourth-order valence-electron chi connectivity index (χ4n) is 4.08. The van der Waals surface area contributed by atoms with Gasteiger partial charge in [0.25, 0.3) is 5.91 Å². The van der Waals surface area contributed by atoms with E-state index >= 15 is 0 Å². The van der Waals surface area contributed by atoms with E-state index in [9.17, 15) is 9.59 Å². The third-order valence-corrected chi connectivity index (χ3v) is 6.23. The maximum Gasteiger partial charge on any atom is 0.254 e. The predicted octanol–water partition coefficient (Wildman–Crippen LogP) is 4.96. The van der Waals surface area contributed by atoms with Gasteiger partial charge in [-0.3, -0.25) is 9.59 Å². The molecule has 1 aliphatic carbocycles. The van der Waals surface area contributed by atoms with E-state index in [2.05, 4.69) is 0 Å². The number of carbonyl (C=O) groups is 2. The maximum absolute atomic E-state index is 13.6. The number of benzene rings is 3. The molecule has 32 heavy (non-hydrogen) atoms. The summed E-state index contributed by atoms with van der Waals surface area (Å²) in [6, 6.07) is 21.2. The molecule has 3 aromatic carbocycles. The molecular formula is C27H28N2O3. The van der Waals surface area contributed by atoms with Crippen LogP contribution in [0.1, 0.15) is 51.1 Å². The molecule has 0 aromatic heterocycles. The zero-order valence-electron chi connectivity index (χ0n) is 18.5. The van der Waals surface area contributed by atoms with Gasteiger partial charge in [0, 0.05) is 23.7 Å². The average Bonchev–Trinajstić information content (AvgIpc) is 2.77. The predicted molar refractivity (Wildman–Crippen MR) is 126 cm³/mol. The summed E-state index contributed by atoms with van der Waals surface area (Å²) < 4.78 is 5.35. The molecule has 0 heterocycles. The van der Waals surface area contributed by atoms with Crippen molar-refractivity contribution in [2.75, 3.05) is 7.11 Å². The highest BCUT2D eigenvalue weighted by molar-refractivity contribution is 5.96. The lowest BCUT2D eigenvalue weighted by atomic mass is 9.90. The molecule has 0 unspecified atom stereocenters. The van der Waals surface area contributed by atoms with Crippen molar-refractivity contribution < 1.29 is 14.3 Å². The molecule has 164 valence electrons. The van der Waals surface area contributed by atoms with Gasteiger partial charge in [0.05, 0.1) is 7.11 Å². The molecule has 1 saturated carbocycles. The van der Waals surface area contributed by atoms with Gasteiger partial charge >= 0.3 is 0 Å². The first-order valence-electron chi connectivity index (χ1n) is 10.9. The molecule has 2 N–H and O–H groups in total. The van der Waals surface area contributed by atoms with E-state index < -0.39 is 5.91 Å². The van der Waals surface area contributed by atoms with Crippen LogP contribution in [0.15, 0.2) is 66.7 Å². The van der Waals surface area contributed by atoms with Crippen LogP contribution < -0.4 is 10.5 Å². The monoisotopic (exact) mass is 428 g/mol. The Labute approximate surface area is 188 Å².